The zero-order chi connectivity index (χ0) is 34.0. The van der Waals surface area contributed by atoms with E-state index >= 15 is 4.39 Å². The summed E-state index contributed by atoms with van der Waals surface area (Å²) in [4.78, 5) is 35.7. The molecule has 3 aromatic heterocycles. The second kappa shape index (κ2) is 11.6. The monoisotopic (exact) mass is 673 g/mol. The van der Waals surface area contributed by atoms with E-state index in [-0.39, 0.29) is 45.5 Å². The van der Waals surface area contributed by atoms with Gasteiger partial charge in [-0.2, -0.15) is 0 Å². The van der Waals surface area contributed by atoms with Crippen molar-refractivity contribution in [2.24, 2.45) is 5.73 Å². The van der Waals surface area contributed by atoms with Crippen LogP contribution in [-0.2, 0) is 15.8 Å². The molecule has 0 unspecified atom stereocenters. The number of nitrogens with zero attached hydrogens (tertiary/aromatic N) is 3. The predicted molar refractivity (Wildman–Crippen MR) is 172 cm³/mol. The van der Waals surface area contributed by atoms with E-state index < -0.39 is 41.0 Å². The summed E-state index contributed by atoms with van der Waals surface area (Å²) in [6, 6.07) is 13.1. The number of fused-ring (bicyclic) bond motifs is 2. The number of amides is 2. The number of halogens is 3. The minimum absolute atomic E-state index is 0.0346. The minimum atomic E-state index is -2.04. The van der Waals surface area contributed by atoms with Crippen molar-refractivity contribution in [3.63, 3.8) is 0 Å². The van der Waals surface area contributed by atoms with Crippen molar-refractivity contribution in [2.45, 2.75) is 36.7 Å². The molecule has 0 radical (unpaired) electrons. The van der Waals surface area contributed by atoms with E-state index in [1.54, 1.807) is 53.9 Å². The normalized spacial score (nSPS) is 18.2. The number of rotatable bonds is 9. The number of nitrogens with one attached hydrogen (secondary N) is 1. The van der Waals surface area contributed by atoms with Crippen LogP contribution in [0.25, 0.3) is 16.9 Å². The second-order valence-electron chi connectivity index (χ2n) is 12.3. The van der Waals surface area contributed by atoms with Crippen LogP contribution in [0.15, 0.2) is 67.0 Å². The summed E-state index contributed by atoms with van der Waals surface area (Å²) >= 11 is 6.04. The van der Waals surface area contributed by atoms with Gasteiger partial charge < -0.3 is 30.0 Å². The summed E-state index contributed by atoms with van der Waals surface area (Å²) in [6.45, 7) is 0.966. The zero-order valence-electron chi connectivity index (χ0n) is 25.9. The van der Waals surface area contributed by atoms with Crippen LogP contribution in [0.3, 0.4) is 0 Å². The molecule has 13 heteroatoms. The number of hydrogen-bond donors (Lipinski definition) is 3. The third kappa shape index (κ3) is 5.21. The molecule has 2 aromatic carbocycles. The van der Waals surface area contributed by atoms with Crippen LogP contribution in [0.4, 0.5) is 8.78 Å². The molecule has 5 aromatic rings. The van der Waals surface area contributed by atoms with Crippen LogP contribution >= 0.6 is 11.6 Å². The van der Waals surface area contributed by atoms with E-state index in [1.165, 1.54) is 13.2 Å². The molecule has 1 aliphatic heterocycles. The molecular weight excluding hydrogens is 644 g/mol. The quantitative estimate of drug-likeness (QED) is 0.187. The van der Waals surface area contributed by atoms with Crippen LogP contribution < -0.4 is 20.5 Å². The Kier molecular flexibility index (Phi) is 7.60. The summed E-state index contributed by atoms with van der Waals surface area (Å²) in [5.74, 6) is -2.41. The van der Waals surface area contributed by atoms with Gasteiger partial charge in [0, 0.05) is 35.5 Å². The van der Waals surface area contributed by atoms with Gasteiger partial charge in [0.05, 0.1) is 35.6 Å². The highest BCUT2D eigenvalue weighted by Gasteiger charge is 2.46. The van der Waals surface area contributed by atoms with E-state index in [0.717, 1.165) is 24.6 Å². The Morgan fingerprint density at radius 2 is 1.90 bits per heavy atom. The molecule has 1 saturated carbocycles. The Hall–Kier alpha value is -5.07. The van der Waals surface area contributed by atoms with Crippen molar-refractivity contribution in [1.82, 2.24) is 19.7 Å². The number of hydrogen-bond acceptors (Lipinski definition) is 7. The molecule has 1 fully saturated rings. The van der Waals surface area contributed by atoms with Gasteiger partial charge in [0.15, 0.2) is 11.4 Å². The summed E-state index contributed by atoms with van der Waals surface area (Å²) < 4.78 is 42.6. The maximum atomic E-state index is 15.3. The Balaban J connectivity index is 1.34. The number of nitrogens with two attached hydrogens (primary N) is 1. The number of aliphatic hydroxyl groups is 1. The van der Waals surface area contributed by atoms with Gasteiger partial charge in [-0.15, -0.1) is 0 Å². The molecule has 10 nitrogen and oxygen atoms in total. The Morgan fingerprint density at radius 1 is 1.15 bits per heavy atom. The first-order chi connectivity index (χ1) is 22.9. The maximum absolute atomic E-state index is 15.3. The first kappa shape index (κ1) is 31.5. The van der Waals surface area contributed by atoms with E-state index in [0.29, 0.717) is 28.9 Å². The third-order valence-corrected chi connectivity index (χ3v) is 9.36. The maximum Gasteiger partial charge on any atom is 0.253 e. The number of ether oxygens (including phenoxy) is 2. The molecule has 0 saturated heterocycles. The summed E-state index contributed by atoms with van der Waals surface area (Å²) in [7, 11) is 1.49. The average Bonchev–Trinajstić information content (AvgIpc) is 3.75. The molecule has 4 heterocycles. The molecule has 246 valence electrons. The van der Waals surface area contributed by atoms with Crippen LogP contribution in [-0.4, -0.2) is 51.6 Å². The largest absolute Gasteiger partial charge is 0.493 e. The molecule has 4 N–H and O–H groups in total. The molecule has 2 atom stereocenters. The van der Waals surface area contributed by atoms with E-state index in [9.17, 15) is 19.1 Å². The lowest BCUT2D eigenvalue weighted by Crippen LogP contribution is -2.43. The number of carbonyl (C=O) groups excluding carboxylic acids is 2. The minimum Gasteiger partial charge on any atom is -0.493 e. The predicted octanol–water partition coefficient (Wildman–Crippen LogP) is 5.02. The first-order valence-electron chi connectivity index (χ1n) is 15.2. The summed E-state index contributed by atoms with van der Waals surface area (Å²) in [6.07, 6.45) is 5.63. The van der Waals surface area contributed by atoms with Crippen LogP contribution in [0.5, 0.6) is 11.5 Å². The molecule has 7 rings (SSSR count). The lowest BCUT2D eigenvalue weighted by Gasteiger charge is -2.30. The van der Waals surface area contributed by atoms with Crippen molar-refractivity contribution in [1.29, 1.82) is 0 Å². The fourth-order valence-electron chi connectivity index (χ4n) is 5.99. The molecule has 48 heavy (non-hydrogen) atoms. The fraction of sp³-hybridized carbons (Fsp3) is 0.257. The number of carbonyl (C=O) groups is 2. The molecule has 1 aliphatic carbocycles. The number of benzene rings is 2. The third-order valence-electron chi connectivity index (χ3n) is 9.08. The first-order valence-corrected chi connectivity index (χ1v) is 15.6. The standard InChI is InChI=1S/C35H30ClF2N5O5/c1-34(33(39)45)17-48-30-22(34)12-28(42-29(30)21-11-23(36)25(38)13-24(21)37)35(46,20-6-4-3-5-7-20)16-40-32(44)19-10-27(47-2)31-41-26(18-8-9-18)15-43(31)14-19/h3-7,10-15,18,46H,8-9,16-17H2,1-2H3,(H2,39,45)(H,40,44)/t34-,35+/m0/s1. The highest BCUT2D eigenvalue weighted by molar-refractivity contribution is 6.31. The Bertz CT molecular complexity index is 2120. The van der Waals surface area contributed by atoms with Crippen molar-refractivity contribution in [2.75, 3.05) is 20.3 Å². The van der Waals surface area contributed by atoms with Gasteiger partial charge >= 0.3 is 0 Å². The van der Waals surface area contributed by atoms with E-state index in [1.807, 2.05) is 6.20 Å². The van der Waals surface area contributed by atoms with Crippen molar-refractivity contribution in [3.8, 4) is 22.8 Å². The molecule has 2 aliphatic rings. The highest BCUT2D eigenvalue weighted by atomic mass is 35.5. The second-order valence-corrected chi connectivity index (χ2v) is 12.7. The highest BCUT2D eigenvalue weighted by Crippen LogP contribution is 2.47. The van der Waals surface area contributed by atoms with Crippen LogP contribution in [0, 0.1) is 11.6 Å². The molecule has 2 amide bonds. The Morgan fingerprint density at radius 3 is 2.58 bits per heavy atom. The van der Waals surface area contributed by atoms with E-state index in [4.69, 9.17) is 26.8 Å². The number of methoxy groups -OCH3 is 1. The molecular formula is C35H30ClF2N5O5. The topological polar surface area (TPSA) is 141 Å². The number of primary amides is 1. The van der Waals surface area contributed by atoms with Crippen LogP contribution in [0.1, 0.15) is 58.6 Å². The van der Waals surface area contributed by atoms with Gasteiger partial charge in [0.2, 0.25) is 5.91 Å². The van der Waals surface area contributed by atoms with Gasteiger partial charge in [-0.1, -0.05) is 41.9 Å². The smallest absolute Gasteiger partial charge is 0.253 e. The number of pyridine rings is 2. The van der Waals surface area contributed by atoms with Crippen molar-refractivity contribution >= 4 is 29.1 Å². The van der Waals surface area contributed by atoms with Crippen LogP contribution in [0.2, 0.25) is 5.02 Å². The van der Waals surface area contributed by atoms with Gasteiger partial charge in [-0.25, -0.2) is 18.7 Å². The summed E-state index contributed by atoms with van der Waals surface area (Å²) in [5.41, 5.74) is 4.29. The molecule has 0 bridgehead atoms. The Labute approximate surface area is 278 Å². The van der Waals surface area contributed by atoms with Gasteiger partial charge in [0.25, 0.3) is 5.91 Å². The van der Waals surface area contributed by atoms with Crippen molar-refractivity contribution in [3.05, 3.63) is 112 Å². The lowest BCUT2D eigenvalue weighted by molar-refractivity contribution is -0.123. The summed E-state index contributed by atoms with van der Waals surface area (Å²) in [5, 5.41) is 15.0. The van der Waals surface area contributed by atoms with Crippen molar-refractivity contribution < 1.29 is 33.0 Å². The van der Waals surface area contributed by atoms with Gasteiger partial charge in [0.1, 0.15) is 40.7 Å². The fourth-order valence-corrected chi connectivity index (χ4v) is 6.15. The van der Waals surface area contributed by atoms with Gasteiger partial charge in [-0.3, -0.25) is 9.59 Å². The van der Waals surface area contributed by atoms with Gasteiger partial charge in [-0.05, 0) is 43.5 Å². The zero-order valence-corrected chi connectivity index (χ0v) is 26.6. The number of aromatic nitrogens is 3. The molecule has 0 spiro atoms. The SMILES string of the molecule is COc1cc(C(=O)NC[C@@](O)(c2ccccc2)c2cc3c(c(-c4cc(Cl)c(F)cc4F)n2)OC[C@]3(C)C(N)=O)cn2cc(C3CC3)nc12. The van der Waals surface area contributed by atoms with E-state index in [2.05, 4.69) is 15.3 Å². The average molecular weight is 674 g/mol. The number of imidazole rings is 1. The lowest BCUT2D eigenvalue weighted by atomic mass is 9.80.